The van der Waals surface area contributed by atoms with Crippen molar-refractivity contribution in [1.29, 1.82) is 0 Å². The number of allylic oxidation sites excluding steroid dienone is 1. The van der Waals surface area contributed by atoms with Crippen molar-refractivity contribution in [1.82, 2.24) is 9.80 Å². The molecule has 0 atom stereocenters. The average Bonchev–Trinajstić information content (AvgIpc) is 3.47. The maximum Gasteiger partial charge on any atom is 0.269 e. The summed E-state index contributed by atoms with van der Waals surface area (Å²) in [4.78, 5) is 35.9. The van der Waals surface area contributed by atoms with Gasteiger partial charge < -0.3 is 15.0 Å². The summed E-state index contributed by atoms with van der Waals surface area (Å²) in [5.41, 5.74) is 5.50. The van der Waals surface area contributed by atoms with E-state index in [1.807, 2.05) is 69.4 Å². The second-order valence-corrected chi connectivity index (χ2v) is 12.1. The molecular weight excluding hydrogens is 577 g/mol. The summed E-state index contributed by atoms with van der Waals surface area (Å²) in [6.45, 7) is 10.9. The summed E-state index contributed by atoms with van der Waals surface area (Å²) in [6.07, 6.45) is 0. The van der Waals surface area contributed by atoms with Crippen molar-refractivity contribution in [3.63, 3.8) is 0 Å². The minimum absolute atomic E-state index is 0.0265. The van der Waals surface area contributed by atoms with Crippen LogP contribution >= 0.6 is 23.5 Å². The first-order chi connectivity index (χ1) is 20.7. The zero-order valence-electron chi connectivity index (χ0n) is 25.7. The number of thioether (sulfide) groups is 2. The Balaban J connectivity index is 0.000000530. The van der Waals surface area contributed by atoms with E-state index in [2.05, 4.69) is 36.2 Å². The van der Waals surface area contributed by atoms with Crippen molar-refractivity contribution in [3.8, 4) is 5.75 Å². The van der Waals surface area contributed by atoms with E-state index in [0.29, 0.717) is 27.9 Å². The molecule has 2 aliphatic rings. The van der Waals surface area contributed by atoms with Crippen molar-refractivity contribution in [3.05, 3.63) is 104 Å². The Morgan fingerprint density at radius 1 is 0.977 bits per heavy atom. The fraction of sp³-hybridized carbons (Fsp3) is 0.265. The quantitative estimate of drug-likeness (QED) is 0.213. The van der Waals surface area contributed by atoms with E-state index in [0.717, 1.165) is 39.2 Å². The van der Waals surface area contributed by atoms with E-state index in [-0.39, 0.29) is 11.7 Å². The number of hydrogen-bond acceptors (Lipinski definition) is 8. The van der Waals surface area contributed by atoms with Gasteiger partial charge in [0, 0.05) is 30.6 Å². The van der Waals surface area contributed by atoms with E-state index < -0.39 is 0 Å². The number of anilines is 1. The number of hydrogen-bond donors (Lipinski definition) is 1. The molecule has 1 saturated heterocycles. The predicted octanol–water partition coefficient (Wildman–Crippen LogP) is 8.14. The summed E-state index contributed by atoms with van der Waals surface area (Å²) in [5, 5.41) is 4.80. The molecule has 3 aromatic carbocycles. The molecule has 224 valence electrons. The molecular formula is C34H38N4O3S2. The van der Waals surface area contributed by atoms with Gasteiger partial charge in [-0.15, -0.1) is 0 Å². The number of carbonyl (C=O) groups is 2. The lowest BCUT2D eigenvalue weighted by Crippen LogP contribution is -2.29. The highest BCUT2D eigenvalue weighted by Crippen LogP contribution is 2.50. The predicted molar refractivity (Wildman–Crippen MR) is 182 cm³/mol. The molecule has 0 saturated carbocycles. The number of aliphatic imine (C=N–C) groups is 1. The highest BCUT2D eigenvalue weighted by atomic mass is 32.2. The number of carbonyl (C=O) groups excluding carboxylic acids is 2. The summed E-state index contributed by atoms with van der Waals surface area (Å²) in [5.74, 6) is 0.712. The first kappa shape index (κ1) is 32.0. The number of methoxy groups -OCH3 is 1. The number of amidine groups is 1. The Bertz CT molecular complexity index is 1580. The van der Waals surface area contributed by atoms with Gasteiger partial charge in [0.25, 0.3) is 5.91 Å². The van der Waals surface area contributed by atoms with Crippen LogP contribution in [0.5, 0.6) is 5.75 Å². The smallest absolute Gasteiger partial charge is 0.269 e. The van der Waals surface area contributed by atoms with Crippen LogP contribution in [0.25, 0.3) is 5.70 Å². The minimum Gasteiger partial charge on any atom is -0.497 e. The van der Waals surface area contributed by atoms with Crippen LogP contribution in [0.1, 0.15) is 49.2 Å². The van der Waals surface area contributed by atoms with Crippen LogP contribution in [-0.2, 0) is 4.79 Å². The first-order valence-electron chi connectivity index (χ1n) is 14.2. The zero-order chi connectivity index (χ0) is 31.1. The number of amides is 1. The number of Topliss-reactive ketones (excluding diaryl/α,β-unsaturated/α-hetero) is 1. The molecule has 2 heterocycles. The van der Waals surface area contributed by atoms with Gasteiger partial charge >= 0.3 is 0 Å². The van der Waals surface area contributed by atoms with Crippen LogP contribution in [0, 0.1) is 6.92 Å². The Morgan fingerprint density at radius 3 is 2.23 bits per heavy atom. The van der Waals surface area contributed by atoms with E-state index in [9.17, 15) is 9.59 Å². The molecule has 3 aromatic rings. The van der Waals surface area contributed by atoms with Gasteiger partial charge in [0.2, 0.25) is 0 Å². The molecule has 7 nitrogen and oxygen atoms in total. The van der Waals surface area contributed by atoms with Crippen LogP contribution in [0.3, 0.4) is 0 Å². The number of nitrogens with one attached hydrogen (secondary N) is 1. The van der Waals surface area contributed by atoms with Gasteiger partial charge in [0.1, 0.15) is 10.7 Å². The summed E-state index contributed by atoms with van der Waals surface area (Å²) in [6, 6.07) is 23.6. The summed E-state index contributed by atoms with van der Waals surface area (Å²) >= 11 is 2.98. The van der Waals surface area contributed by atoms with Crippen LogP contribution in [-0.4, -0.2) is 53.9 Å². The molecule has 43 heavy (non-hydrogen) atoms. The molecule has 2 aliphatic heterocycles. The van der Waals surface area contributed by atoms with Crippen LogP contribution < -0.4 is 10.1 Å². The zero-order valence-corrected chi connectivity index (χ0v) is 27.4. The number of ether oxygens (including phenoxy) is 1. The Kier molecular flexibility index (Phi) is 10.8. The third-order valence-electron chi connectivity index (χ3n) is 6.89. The Labute approximate surface area is 263 Å². The normalized spacial score (nSPS) is 17.4. The molecule has 5 rings (SSSR count). The third-order valence-corrected chi connectivity index (χ3v) is 9.26. The third kappa shape index (κ3) is 7.35. The molecule has 0 unspecified atom stereocenters. The number of rotatable bonds is 7. The number of aryl methyl sites for hydroxylation is 1. The van der Waals surface area contributed by atoms with Crippen molar-refractivity contribution >= 4 is 57.5 Å². The highest BCUT2D eigenvalue weighted by molar-refractivity contribution is 8.19. The fourth-order valence-corrected chi connectivity index (χ4v) is 7.03. The van der Waals surface area contributed by atoms with E-state index in [4.69, 9.17) is 9.73 Å². The van der Waals surface area contributed by atoms with E-state index >= 15 is 0 Å². The molecule has 1 fully saturated rings. The molecule has 0 spiro atoms. The van der Waals surface area contributed by atoms with Gasteiger partial charge in [-0.25, -0.2) is 4.99 Å². The Hall–Kier alpha value is -3.95. The molecule has 9 heteroatoms. The summed E-state index contributed by atoms with van der Waals surface area (Å²) in [7, 11) is 3.64. The lowest BCUT2D eigenvalue weighted by Gasteiger charge is -2.19. The molecule has 0 aliphatic carbocycles. The molecule has 0 aromatic heterocycles. The molecule has 0 radical (unpaired) electrons. The average molecular weight is 615 g/mol. The fourth-order valence-electron chi connectivity index (χ4n) is 4.66. The van der Waals surface area contributed by atoms with Crippen molar-refractivity contribution in [2.75, 3.05) is 32.6 Å². The molecule has 1 amide bonds. The maximum absolute atomic E-state index is 13.5. The van der Waals surface area contributed by atoms with Gasteiger partial charge in [0.05, 0.1) is 29.2 Å². The van der Waals surface area contributed by atoms with E-state index in [1.165, 1.54) is 24.2 Å². The first-order valence-corrected chi connectivity index (χ1v) is 15.8. The van der Waals surface area contributed by atoms with Crippen molar-refractivity contribution in [2.24, 2.45) is 4.99 Å². The van der Waals surface area contributed by atoms with Crippen LogP contribution in [0.15, 0.2) is 92.6 Å². The SMILES string of the molecule is CCNc1ccc(C(C)=O)cc1N=C1S/C(=C2\SC(C)=C(c3ccc(OC)cc3)N2C)C(=O)N1CC.Cc1ccccc1. The lowest BCUT2D eigenvalue weighted by molar-refractivity contribution is -0.122. The minimum atomic E-state index is -0.0629. The summed E-state index contributed by atoms with van der Waals surface area (Å²) < 4.78 is 5.30. The second kappa shape index (κ2) is 14.5. The highest BCUT2D eigenvalue weighted by Gasteiger charge is 2.39. The number of ketones is 1. The van der Waals surface area contributed by atoms with Gasteiger partial charge in [-0.05, 0) is 94.4 Å². The van der Waals surface area contributed by atoms with Gasteiger partial charge in [-0.2, -0.15) is 0 Å². The van der Waals surface area contributed by atoms with Gasteiger partial charge in [0.15, 0.2) is 11.0 Å². The standard InChI is InChI=1S/C27H30N4O3S2.C7H8/c1-7-28-21-14-11-19(16(3)32)15-22(21)29-27-31(8-2)25(33)24(36-27)26-30(5)23(17(4)35-26)18-9-12-20(34-6)13-10-18;1-7-5-3-2-4-6-7/h9-15,28H,7-8H2,1-6H3;2-6H,1H3/b26-24-,29-27?;. The molecule has 0 bridgehead atoms. The van der Waals surface area contributed by atoms with Gasteiger partial charge in [-0.1, -0.05) is 47.7 Å². The van der Waals surface area contributed by atoms with Crippen LogP contribution in [0.2, 0.25) is 0 Å². The second-order valence-electron chi connectivity index (χ2n) is 9.95. The van der Waals surface area contributed by atoms with Crippen LogP contribution in [0.4, 0.5) is 11.4 Å². The maximum atomic E-state index is 13.5. The van der Waals surface area contributed by atoms with Crippen molar-refractivity contribution < 1.29 is 14.3 Å². The molecule has 1 N–H and O–H groups in total. The van der Waals surface area contributed by atoms with Gasteiger partial charge in [-0.3, -0.25) is 14.5 Å². The van der Waals surface area contributed by atoms with Crippen molar-refractivity contribution in [2.45, 2.75) is 34.6 Å². The topological polar surface area (TPSA) is 74.2 Å². The Morgan fingerprint density at radius 2 is 1.67 bits per heavy atom. The largest absolute Gasteiger partial charge is 0.497 e. The number of likely N-dealkylation sites (N-methyl/N-ethyl adjacent to an activating group) is 1. The number of benzene rings is 3. The number of nitrogens with zero attached hydrogens (tertiary/aromatic N) is 3. The van der Waals surface area contributed by atoms with E-state index in [1.54, 1.807) is 35.9 Å². The monoisotopic (exact) mass is 614 g/mol. The lowest BCUT2D eigenvalue weighted by atomic mass is 10.1.